The molecular weight excluding hydrogens is 227 g/mol. The summed E-state index contributed by atoms with van der Waals surface area (Å²) in [5, 5.41) is 0. The Kier molecular flexibility index (Phi) is 18.4. The van der Waals surface area contributed by atoms with Crippen molar-refractivity contribution in [2.75, 3.05) is 12.4 Å². The van der Waals surface area contributed by atoms with Gasteiger partial charge in [0.25, 0.3) is 0 Å². The number of thioether (sulfide) groups is 1. The Hall–Kier alpha value is 1.88. The Morgan fingerprint density at radius 3 is 2.38 bits per heavy atom. The molecule has 4 heteroatoms. The summed E-state index contributed by atoms with van der Waals surface area (Å²) >= 11 is 6.68. The Morgan fingerprint density at radius 1 is 1.23 bits per heavy atom. The molecule has 0 atom stereocenters. The second kappa shape index (κ2) is 13.9. The van der Waals surface area contributed by atoms with E-state index in [4.69, 9.17) is 17.0 Å². The van der Waals surface area contributed by atoms with Crippen molar-refractivity contribution in [1.82, 2.24) is 0 Å². The average molecular weight is 246 g/mol. The molecule has 0 rings (SSSR count). The van der Waals surface area contributed by atoms with E-state index < -0.39 is 0 Å². The third-order valence-electron chi connectivity index (χ3n) is 1.44. The predicted octanol–water partition coefficient (Wildman–Crippen LogP) is 2.97. The van der Waals surface area contributed by atoms with Crippen LogP contribution >= 0.6 is 24.0 Å². The molecule has 0 heterocycles. The predicted molar refractivity (Wildman–Crippen MR) is 68.0 cm³/mol. The van der Waals surface area contributed by atoms with Crippen LogP contribution in [0.2, 0.25) is 0 Å². The van der Waals surface area contributed by atoms with Crippen LogP contribution in [0.1, 0.15) is 39.5 Å². The summed E-state index contributed by atoms with van der Waals surface area (Å²) in [4.78, 5) is 0. The van der Waals surface area contributed by atoms with E-state index in [-0.39, 0.29) is 51.4 Å². The molecule has 0 amide bonds. The van der Waals surface area contributed by atoms with Crippen LogP contribution in [0.3, 0.4) is 0 Å². The van der Waals surface area contributed by atoms with E-state index in [0.29, 0.717) is 0 Å². The van der Waals surface area contributed by atoms with Crippen LogP contribution in [0.15, 0.2) is 0 Å². The fraction of sp³-hybridized carbons (Fsp3) is 0.889. The molecule has 0 N–H and O–H groups in total. The van der Waals surface area contributed by atoms with Crippen molar-refractivity contribution < 1.29 is 4.74 Å². The number of thiocarbonyl (C=S) groups is 1. The van der Waals surface area contributed by atoms with Gasteiger partial charge in [0, 0.05) is 5.75 Å². The van der Waals surface area contributed by atoms with Crippen LogP contribution in [-0.4, -0.2) is 68.1 Å². The summed E-state index contributed by atoms with van der Waals surface area (Å²) in [7, 11) is 0. The van der Waals surface area contributed by atoms with Crippen molar-refractivity contribution in [1.29, 1.82) is 0 Å². The molecule has 0 saturated carbocycles. The standard InChI is InChI=1S/C9H18OS2.K.H/c1-3-5-7-10-9(11)12-8-6-4-2;;/h3-8H2,1-2H3;;. The molecule has 0 aromatic carbocycles. The van der Waals surface area contributed by atoms with Crippen LogP contribution in [0.25, 0.3) is 0 Å². The molecule has 1 nitrogen and oxygen atoms in total. The van der Waals surface area contributed by atoms with Gasteiger partial charge in [0.05, 0.1) is 6.61 Å². The van der Waals surface area contributed by atoms with Crippen molar-refractivity contribution in [2.45, 2.75) is 39.5 Å². The SMILES string of the molecule is CCCCOC(=S)SCCCC.[KH]. The van der Waals surface area contributed by atoms with Gasteiger partial charge in [-0.05, 0) is 25.1 Å². The van der Waals surface area contributed by atoms with E-state index in [1.165, 1.54) is 19.3 Å². The van der Waals surface area contributed by atoms with Crippen molar-refractivity contribution >= 4 is 79.7 Å². The van der Waals surface area contributed by atoms with Crippen molar-refractivity contribution in [3.05, 3.63) is 0 Å². The van der Waals surface area contributed by atoms with Crippen LogP contribution in [-0.2, 0) is 4.74 Å². The van der Waals surface area contributed by atoms with E-state index in [0.717, 1.165) is 23.2 Å². The molecule has 0 fully saturated rings. The van der Waals surface area contributed by atoms with Gasteiger partial charge in [-0.1, -0.05) is 38.5 Å². The van der Waals surface area contributed by atoms with Crippen molar-refractivity contribution in [2.24, 2.45) is 0 Å². The molecule has 0 bridgehead atoms. The third kappa shape index (κ3) is 13.9. The second-order valence-corrected chi connectivity index (χ2v) is 4.35. The molecule has 0 saturated heterocycles. The van der Waals surface area contributed by atoms with Gasteiger partial charge in [0.1, 0.15) is 0 Å². The van der Waals surface area contributed by atoms with E-state index >= 15 is 0 Å². The molecule has 13 heavy (non-hydrogen) atoms. The maximum absolute atomic E-state index is 5.32. The summed E-state index contributed by atoms with van der Waals surface area (Å²) in [6, 6.07) is 0. The Morgan fingerprint density at radius 2 is 1.85 bits per heavy atom. The topological polar surface area (TPSA) is 9.23 Å². The zero-order valence-electron chi connectivity index (χ0n) is 7.97. The summed E-state index contributed by atoms with van der Waals surface area (Å²) in [5.74, 6) is 1.10. The molecule has 0 aliphatic heterocycles. The molecule has 0 aromatic heterocycles. The summed E-state index contributed by atoms with van der Waals surface area (Å²) in [6.45, 7) is 5.12. The Labute approximate surface area is 134 Å². The molecular formula is C9H19KOS2. The molecule has 0 spiro atoms. The van der Waals surface area contributed by atoms with Gasteiger partial charge in [-0.2, -0.15) is 0 Å². The quantitative estimate of drug-likeness (QED) is 0.405. The first-order valence-electron chi connectivity index (χ1n) is 4.60. The third-order valence-corrected chi connectivity index (χ3v) is 2.75. The number of hydrogen-bond donors (Lipinski definition) is 0. The van der Waals surface area contributed by atoms with Gasteiger partial charge >= 0.3 is 51.4 Å². The summed E-state index contributed by atoms with van der Waals surface area (Å²) in [5.41, 5.74) is 0. The van der Waals surface area contributed by atoms with Gasteiger partial charge in [-0.3, -0.25) is 0 Å². The molecule has 0 unspecified atom stereocenters. The summed E-state index contributed by atoms with van der Waals surface area (Å²) < 4.78 is 6.04. The minimum absolute atomic E-state index is 0. The van der Waals surface area contributed by atoms with Gasteiger partial charge in [-0.15, -0.1) is 0 Å². The normalized spacial score (nSPS) is 9.08. The van der Waals surface area contributed by atoms with Gasteiger partial charge in [-0.25, -0.2) is 0 Å². The van der Waals surface area contributed by atoms with Crippen LogP contribution in [0.5, 0.6) is 0 Å². The second-order valence-electron chi connectivity index (χ2n) is 2.65. The number of unbranched alkanes of at least 4 members (excludes halogenated alkanes) is 2. The molecule has 0 aromatic rings. The number of rotatable bonds is 6. The van der Waals surface area contributed by atoms with Crippen LogP contribution in [0, 0.1) is 0 Å². The average Bonchev–Trinajstić information content (AvgIpc) is 2.06. The number of hydrogen-bond acceptors (Lipinski definition) is 3. The summed E-state index contributed by atoms with van der Waals surface area (Å²) in [6.07, 6.45) is 4.73. The van der Waals surface area contributed by atoms with Crippen LogP contribution in [0.4, 0.5) is 0 Å². The van der Waals surface area contributed by atoms with E-state index in [2.05, 4.69) is 13.8 Å². The Balaban J connectivity index is 0. The van der Waals surface area contributed by atoms with Crippen molar-refractivity contribution in [3.63, 3.8) is 0 Å². The van der Waals surface area contributed by atoms with Crippen LogP contribution < -0.4 is 0 Å². The zero-order valence-corrected chi connectivity index (χ0v) is 9.60. The first kappa shape index (κ1) is 17.3. The molecule has 0 radical (unpaired) electrons. The van der Waals surface area contributed by atoms with Gasteiger partial charge in [0.15, 0.2) is 0 Å². The van der Waals surface area contributed by atoms with E-state index in [1.807, 2.05) is 0 Å². The number of ether oxygens (including phenoxy) is 1. The fourth-order valence-electron chi connectivity index (χ4n) is 0.641. The van der Waals surface area contributed by atoms with E-state index in [1.54, 1.807) is 11.8 Å². The minimum atomic E-state index is 0. The maximum atomic E-state index is 5.32. The van der Waals surface area contributed by atoms with E-state index in [9.17, 15) is 0 Å². The molecule has 0 aliphatic rings. The monoisotopic (exact) mass is 246 g/mol. The fourth-order valence-corrected chi connectivity index (χ4v) is 1.74. The molecule has 0 aliphatic carbocycles. The van der Waals surface area contributed by atoms with Gasteiger partial charge in [0.2, 0.25) is 4.38 Å². The Bertz CT molecular complexity index is 108. The van der Waals surface area contributed by atoms with Gasteiger partial charge < -0.3 is 4.74 Å². The first-order valence-corrected chi connectivity index (χ1v) is 6.00. The zero-order chi connectivity index (χ0) is 9.23. The molecule has 74 valence electrons. The first-order chi connectivity index (χ1) is 5.81. The van der Waals surface area contributed by atoms with Crippen molar-refractivity contribution in [3.8, 4) is 0 Å².